The van der Waals surface area contributed by atoms with Gasteiger partial charge in [0.1, 0.15) is 0 Å². The van der Waals surface area contributed by atoms with Gasteiger partial charge >= 0.3 is 7.12 Å². The molecule has 2 aliphatic rings. The maximum Gasteiger partial charge on any atom is 0.489 e. The minimum atomic E-state index is -0.262. The zero-order valence-corrected chi connectivity index (χ0v) is 9.95. The molecule has 2 rings (SSSR count). The molecule has 0 saturated carbocycles. The van der Waals surface area contributed by atoms with E-state index < -0.39 is 0 Å². The molecule has 84 valence electrons. The van der Waals surface area contributed by atoms with Crippen LogP contribution in [0.2, 0.25) is 0 Å². The van der Waals surface area contributed by atoms with Gasteiger partial charge in [-0.2, -0.15) is 0 Å². The van der Waals surface area contributed by atoms with Crippen molar-refractivity contribution in [3.63, 3.8) is 0 Å². The van der Waals surface area contributed by atoms with Crippen LogP contribution in [-0.2, 0) is 14.0 Å². The molecule has 2 aliphatic heterocycles. The fraction of sp³-hybridized carbons (Fsp3) is 0.818. The minimum absolute atomic E-state index is 0.0380. The molecular weight excluding hydrogens is 191 g/mol. The Hall–Kier alpha value is -0.315. The van der Waals surface area contributed by atoms with E-state index in [1.807, 2.05) is 6.08 Å². The number of rotatable bonds is 1. The van der Waals surface area contributed by atoms with Crippen LogP contribution in [0.25, 0.3) is 0 Å². The van der Waals surface area contributed by atoms with Gasteiger partial charge in [-0.25, -0.2) is 0 Å². The predicted molar refractivity (Wildman–Crippen MR) is 59.6 cm³/mol. The molecule has 0 N–H and O–H groups in total. The summed E-state index contributed by atoms with van der Waals surface area (Å²) < 4.78 is 17.5. The Bertz CT molecular complexity index is 257. The first-order chi connectivity index (χ1) is 6.92. The van der Waals surface area contributed by atoms with Crippen LogP contribution in [-0.4, -0.2) is 30.9 Å². The first-order valence-electron chi connectivity index (χ1n) is 5.55. The first kappa shape index (κ1) is 11.2. The summed E-state index contributed by atoms with van der Waals surface area (Å²) >= 11 is 0. The van der Waals surface area contributed by atoms with Crippen molar-refractivity contribution in [1.82, 2.24) is 0 Å². The Kier molecular flexibility index (Phi) is 2.69. The van der Waals surface area contributed by atoms with Crippen LogP contribution in [0.5, 0.6) is 0 Å². The molecule has 1 unspecified atom stereocenters. The molecule has 3 nitrogen and oxygen atoms in total. The topological polar surface area (TPSA) is 27.7 Å². The van der Waals surface area contributed by atoms with Crippen LogP contribution in [0.1, 0.15) is 34.1 Å². The van der Waals surface area contributed by atoms with Crippen LogP contribution in [0, 0.1) is 0 Å². The molecule has 1 atom stereocenters. The Morgan fingerprint density at radius 3 is 2.13 bits per heavy atom. The van der Waals surface area contributed by atoms with E-state index in [-0.39, 0.29) is 24.3 Å². The average Bonchev–Trinajstić information content (AvgIpc) is 2.38. The molecule has 0 amide bonds. The molecule has 0 aliphatic carbocycles. The minimum Gasteiger partial charge on any atom is -0.402 e. The normalized spacial score (nSPS) is 33.3. The van der Waals surface area contributed by atoms with Gasteiger partial charge in [0.15, 0.2) is 0 Å². The summed E-state index contributed by atoms with van der Waals surface area (Å²) in [5.74, 6) is 0. The SMILES string of the molecule is CC1(C)OB(C2CC=CCO2)OC1(C)C. The summed E-state index contributed by atoms with van der Waals surface area (Å²) in [6.45, 7) is 8.91. The first-order valence-corrected chi connectivity index (χ1v) is 5.55. The third-order valence-corrected chi connectivity index (χ3v) is 3.52. The summed E-state index contributed by atoms with van der Waals surface area (Å²) in [4.78, 5) is 0. The lowest BCUT2D eigenvalue weighted by atomic mass is 9.78. The van der Waals surface area contributed by atoms with E-state index in [9.17, 15) is 0 Å². The summed E-state index contributed by atoms with van der Waals surface area (Å²) in [5, 5.41) is 0. The van der Waals surface area contributed by atoms with Crippen molar-refractivity contribution in [2.24, 2.45) is 0 Å². The van der Waals surface area contributed by atoms with E-state index in [1.165, 1.54) is 0 Å². The molecule has 0 aromatic carbocycles. The van der Waals surface area contributed by atoms with Gasteiger partial charge in [0, 0.05) is 0 Å². The second-order valence-corrected chi connectivity index (χ2v) is 5.20. The molecular formula is C11H19BO3. The standard InChI is InChI=1S/C11H19BO3/c1-10(2)11(3,4)15-12(14-10)9-7-5-6-8-13-9/h5-6,9H,7-8H2,1-4H3. The van der Waals surface area contributed by atoms with E-state index in [0.29, 0.717) is 6.61 Å². The zero-order chi connectivity index (χ0) is 11.1. The van der Waals surface area contributed by atoms with Crippen LogP contribution < -0.4 is 0 Å². The molecule has 4 heteroatoms. The van der Waals surface area contributed by atoms with E-state index in [4.69, 9.17) is 14.0 Å². The fourth-order valence-electron chi connectivity index (χ4n) is 1.78. The van der Waals surface area contributed by atoms with Crippen LogP contribution in [0.3, 0.4) is 0 Å². The Labute approximate surface area is 91.9 Å². The van der Waals surface area contributed by atoms with Gasteiger partial charge in [0.05, 0.1) is 23.8 Å². The van der Waals surface area contributed by atoms with Crippen molar-refractivity contribution in [2.45, 2.75) is 51.3 Å². The number of hydrogen-bond acceptors (Lipinski definition) is 3. The zero-order valence-electron chi connectivity index (χ0n) is 9.95. The highest BCUT2D eigenvalue weighted by Gasteiger charge is 2.54. The quantitative estimate of drug-likeness (QED) is 0.489. The molecule has 0 aromatic heterocycles. The molecule has 1 saturated heterocycles. The van der Waals surface area contributed by atoms with Crippen molar-refractivity contribution in [2.75, 3.05) is 6.61 Å². The van der Waals surface area contributed by atoms with Gasteiger partial charge in [0.25, 0.3) is 0 Å². The van der Waals surface area contributed by atoms with Crippen molar-refractivity contribution < 1.29 is 14.0 Å². The van der Waals surface area contributed by atoms with E-state index in [2.05, 4.69) is 33.8 Å². The molecule has 0 spiro atoms. The molecule has 0 aromatic rings. The largest absolute Gasteiger partial charge is 0.489 e. The smallest absolute Gasteiger partial charge is 0.402 e. The molecule has 0 bridgehead atoms. The highest BCUT2D eigenvalue weighted by atomic mass is 16.7. The lowest BCUT2D eigenvalue weighted by Crippen LogP contribution is -2.41. The highest BCUT2D eigenvalue weighted by molar-refractivity contribution is 6.47. The third-order valence-electron chi connectivity index (χ3n) is 3.52. The summed E-state index contributed by atoms with van der Waals surface area (Å²) in [7, 11) is -0.236. The highest BCUT2D eigenvalue weighted by Crippen LogP contribution is 2.38. The van der Waals surface area contributed by atoms with Gasteiger partial charge in [-0.3, -0.25) is 0 Å². The summed E-state index contributed by atoms with van der Waals surface area (Å²) in [6.07, 6.45) is 5.03. The Balaban J connectivity index is 2.05. The van der Waals surface area contributed by atoms with Crippen molar-refractivity contribution in [3.8, 4) is 0 Å². The van der Waals surface area contributed by atoms with Gasteiger partial charge in [-0.05, 0) is 34.1 Å². The van der Waals surface area contributed by atoms with Crippen LogP contribution in [0.4, 0.5) is 0 Å². The molecule has 15 heavy (non-hydrogen) atoms. The number of ether oxygens (including phenoxy) is 1. The van der Waals surface area contributed by atoms with Crippen molar-refractivity contribution in [1.29, 1.82) is 0 Å². The summed E-state index contributed by atoms with van der Waals surface area (Å²) in [5.41, 5.74) is -0.523. The number of hydrogen-bond donors (Lipinski definition) is 0. The van der Waals surface area contributed by atoms with Crippen molar-refractivity contribution >= 4 is 7.12 Å². The van der Waals surface area contributed by atoms with E-state index >= 15 is 0 Å². The van der Waals surface area contributed by atoms with Gasteiger partial charge in [-0.1, -0.05) is 12.2 Å². The summed E-state index contributed by atoms with van der Waals surface area (Å²) in [6, 6.07) is 0.0380. The van der Waals surface area contributed by atoms with Crippen LogP contribution >= 0.6 is 0 Å². The fourth-order valence-corrected chi connectivity index (χ4v) is 1.78. The third kappa shape index (κ3) is 1.98. The molecule has 2 heterocycles. The van der Waals surface area contributed by atoms with E-state index in [0.717, 1.165) is 6.42 Å². The van der Waals surface area contributed by atoms with Crippen LogP contribution in [0.15, 0.2) is 12.2 Å². The Morgan fingerprint density at radius 1 is 1.07 bits per heavy atom. The van der Waals surface area contributed by atoms with Gasteiger partial charge in [-0.15, -0.1) is 0 Å². The maximum atomic E-state index is 5.92. The van der Waals surface area contributed by atoms with E-state index in [1.54, 1.807) is 0 Å². The average molecular weight is 210 g/mol. The lowest BCUT2D eigenvalue weighted by molar-refractivity contribution is 0.00578. The molecule has 1 fully saturated rings. The van der Waals surface area contributed by atoms with Gasteiger partial charge < -0.3 is 14.0 Å². The van der Waals surface area contributed by atoms with Gasteiger partial charge in [0.2, 0.25) is 0 Å². The monoisotopic (exact) mass is 210 g/mol. The van der Waals surface area contributed by atoms with Crippen molar-refractivity contribution in [3.05, 3.63) is 12.2 Å². The second kappa shape index (κ2) is 3.61. The predicted octanol–water partition coefficient (Wildman–Crippen LogP) is 1.96. The Morgan fingerprint density at radius 2 is 1.67 bits per heavy atom. The molecule has 0 radical (unpaired) electrons. The second-order valence-electron chi connectivity index (χ2n) is 5.20. The lowest BCUT2D eigenvalue weighted by Gasteiger charge is -2.32. The maximum absolute atomic E-state index is 5.92.